The molecule has 0 saturated carbocycles. The zero-order valence-corrected chi connectivity index (χ0v) is 9.82. The fraction of sp³-hybridized carbons (Fsp3) is 0.667. The summed E-state index contributed by atoms with van der Waals surface area (Å²) in [7, 11) is 0. The Balaban J connectivity index is 1.65. The molecule has 3 rings (SSSR count). The van der Waals surface area contributed by atoms with Crippen molar-refractivity contribution >= 4 is 11.8 Å². The van der Waals surface area contributed by atoms with E-state index in [-0.39, 0.29) is 62.2 Å². The summed E-state index contributed by atoms with van der Waals surface area (Å²) in [6, 6.07) is 0. The van der Waals surface area contributed by atoms with E-state index in [0.717, 1.165) is 0 Å². The second-order valence-electron chi connectivity index (χ2n) is 4.67. The largest absolute Gasteiger partial charge is 0.394 e. The molecule has 1 N–H and O–H groups in total. The highest BCUT2D eigenvalue weighted by Crippen LogP contribution is 2.44. The minimum absolute atomic E-state index is 0.0605. The van der Waals surface area contributed by atoms with Crippen molar-refractivity contribution in [3.05, 3.63) is 12.2 Å². The van der Waals surface area contributed by atoms with Crippen molar-refractivity contribution in [2.45, 2.75) is 12.2 Å². The normalized spacial score (nSPS) is 36.8. The highest BCUT2D eigenvalue weighted by atomic mass is 16.5. The Morgan fingerprint density at radius 3 is 2.33 bits per heavy atom. The Bertz CT molecular complexity index is 377. The molecule has 0 radical (unpaired) electrons. The zero-order chi connectivity index (χ0) is 12.7. The van der Waals surface area contributed by atoms with E-state index in [1.165, 1.54) is 4.90 Å². The summed E-state index contributed by atoms with van der Waals surface area (Å²) in [4.78, 5) is 25.5. The molecule has 3 aliphatic rings. The van der Waals surface area contributed by atoms with Gasteiger partial charge >= 0.3 is 0 Å². The van der Waals surface area contributed by atoms with Crippen molar-refractivity contribution in [1.29, 1.82) is 0 Å². The van der Waals surface area contributed by atoms with Crippen LogP contribution in [0.5, 0.6) is 0 Å². The van der Waals surface area contributed by atoms with Gasteiger partial charge in [-0.25, -0.2) is 0 Å². The maximum absolute atomic E-state index is 12.1. The predicted octanol–water partition coefficient (Wildman–Crippen LogP) is -1.07. The Morgan fingerprint density at radius 1 is 1.17 bits per heavy atom. The lowest BCUT2D eigenvalue weighted by molar-refractivity contribution is -0.143. The van der Waals surface area contributed by atoms with Crippen molar-refractivity contribution in [3.8, 4) is 0 Å². The van der Waals surface area contributed by atoms with Gasteiger partial charge in [-0.2, -0.15) is 0 Å². The highest BCUT2D eigenvalue weighted by Gasteiger charge is 2.60. The zero-order valence-electron chi connectivity index (χ0n) is 9.82. The third-order valence-electron chi connectivity index (χ3n) is 3.70. The predicted molar refractivity (Wildman–Crippen MR) is 59.4 cm³/mol. The van der Waals surface area contributed by atoms with Crippen LogP contribution < -0.4 is 0 Å². The Hall–Kier alpha value is -1.24. The molecule has 2 fully saturated rings. The van der Waals surface area contributed by atoms with Crippen molar-refractivity contribution in [2.24, 2.45) is 11.8 Å². The number of fused-ring (bicyclic) bond motifs is 5. The molecule has 2 amide bonds. The van der Waals surface area contributed by atoms with Gasteiger partial charge in [-0.05, 0) is 0 Å². The maximum atomic E-state index is 12.1. The van der Waals surface area contributed by atoms with Gasteiger partial charge in [-0.3, -0.25) is 14.5 Å². The van der Waals surface area contributed by atoms with E-state index >= 15 is 0 Å². The lowest BCUT2D eigenvalue weighted by atomic mass is 9.85. The molecule has 0 aromatic rings. The van der Waals surface area contributed by atoms with Gasteiger partial charge in [-0.1, -0.05) is 12.2 Å². The van der Waals surface area contributed by atoms with Crippen molar-refractivity contribution in [2.75, 3.05) is 26.4 Å². The topological polar surface area (TPSA) is 76.1 Å². The van der Waals surface area contributed by atoms with Crippen LogP contribution in [-0.2, 0) is 19.1 Å². The van der Waals surface area contributed by atoms with Gasteiger partial charge in [0, 0.05) is 0 Å². The van der Waals surface area contributed by atoms with Gasteiger partial charge in [0.25, 0.3) is 0 Å². The lowest BCUT2D eigenvalue weighted by Crippen LogP contribution is -2.37. The summed E-state index contributed by atoms with van der Waals surface area (Å²) in [5, 5.41) is 8.57. The van der Waals surface area contributed by atoms with E-state index in [0.29, 0.717) is 0 Å². The summed E-state index contributed by atoms with van der Waals surface area (Å²) < 4.78 is 10.6. The van der Waals surface area contributed by atoms with Crippen molar-refractivity contribution < 1.29 is 24.2 Å². The van der Waals surface area contributed by atoms with Crippen molar-refractivity contribution in [3.63, 3.8) is 0 Å². The summed E-state index contributed by atoms with van der Waals surface area (Å²) in [6.45, 7) is 0.680. The molecule has 0 spiro atoms. The number of hydrogen-bond donors (Lipinski definition) is 1. The molecular weight excluding hydrogens is 238 g/mol. The van der Waals surface area contributed by atoms with Crippen LogP contribution in [0.25, 0.3) is 0 Å². The van der Waals surface area contributed by atoms with Crippen LogP contribution >= 0.6 is 0 Å². The number of likely N-dealkylation sites (tertiary alicyclic amines) is 1. The minimum Gasteiger partial charge on any atom is -0.394 e. The Morgan fingerprint density at radius 2 is 1.78 bits per heavy atom. The number of ether oxygens (including phenoxy) is 2. The van der Waals surface area contributed by atoms with Gasteiger partial charge in [0.15, 0.2) is 0 Å². The second kappa shape index (κ2) is 4.46. The van der Waals surface area contributed by atoms with Crippen LogP contribution in [0.4, 0.5) is 0 Å². The van der Waals surface area contributed by atoms with Crippen LogP contribution in [0.15, 0.2) is 12.2 Å². The van der Waals surface area contributed by atoms with E-state index < -0.39 is 0 Å². The van der Waals surface area contributed by atoms with Gasteiger partial charge < -0.3 is 14.6 Å². The molecule has 18 heavy (non-hydrogen) atoms. The van der Waals surface area contributed by atoms with Crippen LogP contribution in [0, 0.1) is 11.8 Å². The quantitative estimate of drug-likeness (QED) is 0.384. The molecule has 0 aromatic carbocycles. The molecule has 0 aliphatic carbocycles. The van der Waals surface area contributed by atoms with Crippen LogP contribution in [-0.4, -0.2) is 60.4 Å². The number of rotatable bonds is 5. The standard InChI is InChI=1S/C12H15NO5/c14-4-6-17-5-3-13-11(15)9-7-1-2-8(18-7)10(9)12(13)16/h1-2,7-10,14H,3-6H2/t7?,8?,9-,10?/m1/s1. The Labute approximate surface area is 104 Å². The third kappa shape index (κ3) is 1.60. The molecule has 2 saturated heterocycles. The number of carbonyl (C=O) groups excluding carboxylic acids is 2. The number of aliphatic hydroxyl groups excluding tert-OH is 1. The average Bonchev–Trinajstić information content (AvgIpc) is 3.02. The van der Waals surface area contributed by atoms with E-state index in [9.17, 15) is 9.59 Å². The van der Waals surface area contributed by atoms with Gasteiger partial charge in [0.1, 0.15) is 0 Å². The molecule has 3 unspecified atom stereocenters. The molecular formula is C12H15NO5. The van der Waals surface area contributed by atoms with Crippen molar-refractivity contribution in [1.82, 2.24) is 4.90 Å². The van der Waals surface area contributed by atoms with Crippen LogP contribution in [0.3, 0.4) is 0 Å². The number of hydrogen-bond acceptors (Lipinski definition) is 5. The molecule has 6 nitrogen and oxygen atoms in total. The summed E-state index contributed by atoms with van der Waals surface area (Å²) in [5.41, 5.74) is 0. The monoisotopic (exact) mass is 253 g/mol. The first-order chi connectivity index (χ1) is 8.74. The number of carbonyl (C=O) groups is 2. The number of imide groups is 1. The highest BCUT2D eigenvalue weighted by molar-refractivity contribution is 6.06. The first-order valence-corrected chi connectivity index (χ1v) is 6.11. The maximum Gasteiger partial charge on any atom is 0.236 e. The van der Waals surface area contributed by atoms with E-state index in [4.69, 9.17) is 14.6 Å². The van der Waals surface area contributed by atoms with E-state index in [1.807, 2.05) is 12.2 Å². The third-order valence-corrected chi connectivity index (χ3v) is 3.70. The number of aliphatic hydroxyl groups is 1. The molecule has 3 aliphatic heterocycles. The average molecular weight is 253 g/mol. The smallest absolute Gasteiger partial charge is 0.236 e. The van der Waals surface area contributed by atoms with Gasteiger partial charge in [-0.15, -0.1) is 0 Å². The Kier molecular flexibility index (Phi) is 2.93. The summed E-state index contributed by atoms with van der Waals surface area (Å²) in [5.74, 6) is -1.00. The molecule has 2 bridgehead atoms. The molecule has 3 heterocycles. The number of amides is 2. The first-order valence-electron chi connectivity index (χ1n) is 6.11. The molecule has 6 heteroatoms. The SMILES string of the molecule is O=C1C2C3C=CC(O3)[C@H]2C(=O)N1CCOCCO. The second-order valence-corrected chi connectivity index (χ2v) is 4.67. The van der Waals surface area contributed by atoms with Crippen LogP contribution in [0.2, 0.25) is 0 Å². The van der Waals surface area contributed by atoms with E-state index in [2.05, 4.69) is 0 Å². The molecule has 4 atom stereocenters. The summed E-state index contributed by atoms with van der Waals surface area (Å²) in [6.07, 6.45) is 3.26. The fourth-order valence-electron chi connectivity index (χ4n) is 2.91. The first kappa shape index (κ1) is 11.8. The molecule has 0 aromatic heterocycles. The van der Waals surface area contributed by atoms with Gasteiger partial charge in [0.05, 0.1) is 50.4 Å². The van der Waals surface area contributed by atoms with Gasteiger partial charge in [0.2, 0.25) is 11.8 Å². The molecule has 98 valence electrons. The van der Waals surface area contributed by atoms with E-state index in [1.54, 1.807) is 0 Å². The van der Waals surface area contributed by atoms with Crippen LogP contribution in [0.1, 0.15) is 0 Å². The minimum atomic E-state index is -0.342. The summed E-state index contributed by atoms with van der Waals surface area (Å²) >= 11 is 0. The lowest BCUT2D eigenvalue weighted by Gasteiger charge is -2.17. The number of nitrogens with zero attached hydrogens (tertiary/aromatic N) is 1. The fourth-order valence-corrected chi connectivity index (χ4v) is 2.91.